The quantitative estimate of drug-likeness (QED) is 0.0199. The molecule has 0 aromatic heterocycles. The first-order chi connectivity index (χ1) is 52.3. The number of aliphatic hydroxyl groups is 11. The fraction of sp³-hybridized carbons (Fsp3) is 0.920. The molecule has 17 unspecified atom stereocenters. The van der Waals surface area contributed by atoms with Gasteiger partial charge in [0.2, 0.25) is 5.91 Å². The highest BCUT2D eigenvalue weighted by atomic mass is 16.8. The number of aliphatic hydroxyl groups excluding tert-OH is 11. The SMILES string of the molecule is CCCCCCC/C=C\C/C=C\CCCCCCCCCCCCCCCCCCCCCCCCCCCCCC(=O)NC(COC1OC(CO)C(OC2OC(CO)C(OC3OC(CO)C(O)C(O)C3O)C(O)C2O)C(O)C1O)C(O)/C=C/CCCCCCCCCCCCCCCCCCCCCCC. The minimum atomic E-state index is -1.98. The first-order valence-electron chi connectivity index (χ1n) is 44.7. The van der Waals surface area contributed by atoms with Gasteiger partial charge in [-0.05, 0) is 51.4 Å². The molecular formula is C88H165NO18. The van der Waals surface area contributed by atoms with Crippen molar-refractivity contribution in [3.05, 3.63) is 36.5 Å². The van der Waals surface area contributed by atoms with E-state index in [-0.39, 0.29) is 18.9 Å². The monoisotopic (exact) mass is 1520 g/mol. The van der Waals surface area contributed by atoms with E-state index in [1.54, 1.807) is 6.08 Å². The molecule has 17 atom stereocenters. The molecule has 3 saturated heterocycles. The zero-order valence-electron chi connectivity index (χ0n) is 67.9. The molecule has 630 valence electrons. The Morgan fingerprint density at radius 1 is 0.336 bits per heavy atom. The van der Waals surface area contributed by atoms with Gasteiger partial charge in [-0.1, -0.05) is 365 Å². The van der Waals surface area contributed by atoms with Crippen LogP contribution in [0.2, 0.25) is 0 Å². The number of unbranched alkanes of at least 4 members (excludes halogenated alkanes) is 53. The Labute approximate surface area is 651 Å². The summed E-state index contributed by atoms with van der Waals surface area (Å²) in [6, 6.07) is -0.973. The van der Waals surface area contributed by atoms with Crippen LogP contribution in [0, 0.1) is 0 Å². The lowest BCUT2D eigenvalue weighted by Gasteiger charge is -2.48. The van der Waals surface area contributed by atoms with Crippen LogP contribution in [-0.4, -0.2) is 193 Å². The predicted octanol–water partition coefficient (Wildman–Crippen LogP) is 16.6. The molecule has 3 aliphatic heterocycles. The minimum absolute atomic E-state index is 0.249. The number of allylic oxidation sites excluding steroid dienone is 5. The molecule has 0 aromatic carbocycles. The average molecular weight is 1530 g/mol. The normalized spacial score (nSPS) is 25.6. The molecule has 0 spiro atoms. The fourth-order valence-electron chi connectivity index (χ4n) is 15.3. The summed E-state index contributed by atoms with van der Waals surface area (Å²) in [5.41, 5.74) is 0. The molecule has 19 heteroatoms. The lowest BCUT2D eigenvalue weighted by atomic mass is 9.96. The Hall–Kier alpha value is -1.99. The van der Waals surface area contributed by atoms with Crippen LogP contribution in [0.3, 0.4) is 0 Å². The first kappa shape index (κ1) is 99.2. The Morgan fingerprint density at radius 2 is 0.617 bits per heavy atom. The summed E-state index contributed by atoms with van der Waals surface area (Å²) < 4.78 is 34.5. The Kier molecular flexibility index (Phi) is 63.4. The molecular weight excluding hydrogens is 1360 g/mol. The Morgan fingerprint density at radius 3 is 0.953 bits per heavy atom. The van der Waals surface area contributed by atoms with E-state index in [1.165, 1.54) is 308 Å². The predicted molar refractivity (Wildman–Crippen MR) is 429 cm³/mol. The highest BCUT2D eigenvalue weighted by Crippen LogP contribution is 2.34. The maximum Gasteiger partial charge on any atom is 0.220 e. The van der Waals surface area contributed by atoms with E-state index < -0.39 is 124 Å². The van der Waals surface area contributed by atoms with Gasteiger partial charge in [-0.2, -0.15) is 0 Å². The standard InChI is InChI=1S/C88H165NO18/c1-3-5-7-9-11-13-15-17-19-21-23-25-27-28-29-30-31-32-33-34-35-36-37-38-39-40-41-42-44-46-48-50-52-54-56-58-60-62-64-66-76(94)89-71(72(93)65-63-61-59-57-55-53-51-49-47-45-43-26-24-22-20-18-16-14-12-10-8-6-4-2)70-102-86-82(100)79(97)84(74(68-91)104-86)107-88-83(101)80(98)85(75(69-92)105-88)106-87-81(99)78(96)77(95)73(67-90)103-87/h15,17,21,23,63,65,71-75,77-88,90-93,95-101H,3-14,16,18-20,22,24-62,64,66-70H2,1-2H3,(H,89,94)/b17-15-,23-21-,65-63+. The molecule has 3 fully saturated rings. The largest absolute Gasteiger partial charge is 0.394 e. The number of hydrogen-bond acceptors (Lipinski definition) is 18. The molecule has 0 aromatic rings. The minimum Gasteiger partial charge on any atom is -0.394 e. The van der Waals surface area contributed by atoms with E-state index in [2.05, 4.69) is 43.5 Å². The van der Waals surface area contributed by atoms with Crippen molar-refractivity contribution < 1.29 is 89.4 Å². The van der Waals surface area contributed by atoms with Crippen LogP contribution in [0.1, 0.15) is 386 Å². The second kappa shape index (κ2) is 68.4. The zero-order valence-corrected chi connectivity index (χ0v) is 67.9. The van der Waals surface area contributed by atoms with Crippen molar-refractivity contribution in [3.8, 4) is 0 Å². The second-order valence-corrected chi connectivity index (χ2v) is 32.1. The maximum absolute atomic E-state index is 13.5. The molecule has 12 N–H and O–H groups in total. The molecule has 0 saturated carbocycles. The number of hydrogen-bond donors (Lipinski definition) is 12. The van der Waals surface area contributed by atoms with Crippen LogP contribution in [-0.2, 0) is 33.2 Å². The number of nitrogens with one attached hydrogen (secondary N) is 1. The smallest absolute Gasteiger partial charge is 0.220 e. The molecule has 0 bridgehead atoms. The summed E-state index contributed by atoms with van der Waals surface area (Å²) in [5, 5.41) is 121. The molecule has 3 heterocycles. The molecule has 0 aliphatic carbocycles. The topological polar surface area (TPSA) is 307 Å². The van der Waals surface area contributed by atoms with Gasteiger partial charge in [0.1, 0.15) is 73.2 Å². The molecule has 107 heavy (non-hydrogen) atoms. The zero-order chi connectivity index (χ0) is 77.4. The Bertz CT molecular complexity index is 2070. The molecule has 1 amide bonds. The fourth-order valence-corrected chi connectivity index (χ4v) is 15.3. The van der Waals surface area contributed by atoms with Gasteiger partial charge in [0, 0.05) is 6.42 Å². The van der Waals surface area contributed by atoms with E-state index in [9.17, 15) is 61.0 Å². The highest BCUT2D eigenvalue weighted by molar-refractivity contribution is 5.76. The number of rotatable bonds is 73. The van der Waals surface area contributed by atoms with Gasteiger partial charge >= 0.3 is 0 Å². The van der Waals surface area contributed by atoms with Crippen molar-refractivity contribution in [2.45, 2.75) is 491 Å². The third-order valence-electron chi connectivity index (χ3n) is 22.4. The van der Waals surface area contributed by atoms with Crippen LogP contribution in [0.25, 0.3) is 0 Å². The van der Waals surface area contributed by atoms with Crippen LogP contribution in [0.4, 0.5) is 0 Å². The van der Waals surface area contributed by atoms with Crippen LogP contribution in [0.15, 0.2) is 36.5 Å². The van der Waals surface area contributed by atoms with E-state index in [0.29, 0.717) is 6.42 Å². The van der Waals surface area contributed by atoms with Gasteiger partial charge in [-0.25, -0.2) is 0 Å². The molecule has 19 nitrogen and oxygen atoms in total. The maximum atomic E-state index is 13.5. The van der Waals surface area contributed by atoms with Crippen molar-refractivity contribution >= 4 is 5.91 Å². The summed E-state index contributed by atoms with van der Waals surface area (Å²) >= 11 is 0. The number of carbonyl (C=O) groups excluding carboxylic acids is 1. The van der Waals surface area contributed by atoms with Crippen LogP contribution < -0.4 is 5.32 Å². The number of carbonyl (C=O) groups is 1. The summed E-state index contributed by atoms with van der Waals surface area (Å²) in [5.74, 6) is -0.267. The lowest BCUT2D eigenvalue weighted by Crippen LogP contribution is -2.66. The van der Waals surface area contributed by atoms with Gasteiger partial charge in [-0.15, -0.1) is 0 Å². The van der Waals surface area contributed by atoms with E-state index in [1.807, 2.05) is 6.08 Å². The van der Waals surface area contributed by atoms with Crippen molar-refractivity contribution in [3.63, 3.8) is 0 Å². The number of ether oxygens (including phenoxy) is 6. The van der Waals surface area contributed by atoms with Crippen molar-refractivity contribution in [1.82, 2.24) is 5.32 Å². The number of amides is 1. The summed E-state index contributed by atoms with van der Waals surface area (Å²) in [6.07, 6.45) is 60.2. The third kappa shape index (κ3) is 47.5. The van der Waals surface area contributed by atoms with Crippen molar-refractivity contribution in [1.29, 1.82) is 0 Å². The van der Waals surface area contributed by atoms with Gasteiger partial charge in [-0.3, -0.25) is 4.79 Å². The van der Waals surface area contributed by atoms with Crippen LogP contribution in [0.5, 0.6) is 0 Å². The summed E-state index contributed by atoms with van der Waals surface area (Å²) in [7, 11) is 0. The lowest BCUT2D eigenvalue weighted by molar-refractivity contribution is -0.379. The summed E-state index contributed by atoms with van der Waals surface area (Å²) in [6.45, 7) is 1.79. The highest BCUT2D eigenvalue weighted by Gasteiger charge is 2.54. The van der Waals surface area contributed by atoms with Crippen molar-refractivity contribution in [2.75, 3.05) is 26.4 Å². The molecule has 3 aliphatic rings. The van der Waals surface area contributed by atoms with Crippen molar-refractivity contribution in [2.24, 2.45) is 0 Å². The molecule has 3 rings (SSSR count). The van der Waals surface area contributed by atoms with E-state index in [4.69, 9.17) is 28.4 Å². The van der Waals surface area contributed by atoms with Gasteiger partial charge in [0.25, 0.3) is 0 Å². The van der Waals surface area contributed by atoms with Gasteiger partial charge < -0.3 is 89.9 Å². The van der Waals surface area contributed by atoms with Gasteiger partial charge in [0.15, 0.2) is 18.9 Å². The third-order valence-corrected chi connectivity index (χ3v) is 22.4. The molecule has 0 radical (unpaired) electrons. The average Bonchev–Trinajstić information content (AvgIpc) is 0.781. The second-order valence-electron chi connectivity index (χ2n) is 32.1. The Balaban J connectivity index is 1.30. The van der Waals surface area contributed by atoms with E-state index in [0.717, 1.165) is 51.4 Å². The summed E-state index contributed by atoms with van der Waals surface area (Å²) in [4.78, 5) is 13.5. The van der Waals surface area contributed by atoms with Gasteiger partial charge in [0.05, 0.1) is 38.6 Å². The van der Waals surface area contributed by atoms with E-state index >= 15 is 0 Å². The van der Waals surface area contributed by atoms with Crippen LogP contribution >= 0.6 is 0 Å². The first-order valence-corrected chi connectivity index (χ1v) is 44.7.